The number of thioether (sulfide) groups is 2. The molecule has 1 saturated heterocycles. The van der Waals surface area contributed by atoms with Crippen molar-refractivity contribution in [3.8, 4) is 0 Å². The Morgan fingerprint density at radius 3 is 2.67 bits per heavy atom. The first-order chi connectivity index (χ1) is 16.0. The van der Waals surface area contributed by atoms with Gasteiger partial charge < -0.3 is 4.74 Å². The number of aryl methyl sites for hydroxylation is 1. The number of ether oxygens (including phenoxy) is 1. The van der Waals surface area contributed by atoms with Gasteiger partial charge in [0.2, 0.25) is 5.91 Å². The van der Waals surface area contributed by atoms with Crippen molar-refractivity contribution < 1.29 is 18.7 Å². The Labute approximate surface area is 200 Å². The average Bonchev–Trinajstić information content (AvgIpc) is 3.21. The molecule has 2 heterocycles. The zero-order valence-electron chi connectivity index (χ0n) is 18.1. The van der Waals surface area contributed by atoms with Gasteiger partial charge >= 0.3 is 5.97 Å². The normalized spacial score (nSPS) is 15.6. The van der Waals surface area contributed by atoms with Crippen molar-refractivity contribution in [1.29, 1.82) is 0 Å². The molecule has 3 aromatic rings. The number of hydrogen-bond acceptors (Lipinski definition) is 6. The largest absolute Gasteiger partial charge is 0.461 e. The fourth-order valence-electron chi connectivity index (χ4n) is 3.56. The van der Waals surface area contributed by atoms with Crippen molar-refractivity contribution in [2.75, 3.05) is 23.0 Å². The molecule has 0 bridgehead atoms. The monoisotopic (exact) mass is 482 g/mol. The Hall–Kier alpha value is -2.84. The molecule has 1 fully saturated rings. The topological polar surface area (TPSA) is 59.5 Å². The maximum Gasteiger partial charge on any atom is 0.338 e. The van der Waals surface area contributed by atoms with Gasteiger partial charge in [-0.1, -0.05) is 12.1 Å². The van der Waals surface area contributed by atoms with Crippen LogP contribution in [0.1, 0.15) is 32.4 Å². The first-order valence-corrected chi connectivity index (χ1v) is 12.7. The number of carbonyl (C=O) groups excluding carboxylic acids is 2. The van der Waals surface area contributed by atoms with Gasteiger partial charge in [-0.15, -0.1) is 11.8 Å². The van der Waals surface area contributed by atoms with E-state index in [1.807, 2.05) is 19.1 Å². The summed E-state index contributed by atoms with van der Waals surface area (Å²) in [5.41, 5.74) is 4.04. The minimum Gasteiger partial charge on any atom is -0.461 e. The van der Waals surface area contributed by atoms with Crippen LogP contribution in [0.5, 0.6) is 0 Å². The molecular weight excluding hydrogens is 459 g/mol. The summed E-state index contributed by atoms with van der Waals surface area (Å²) in [5, 5.41) is -0.230. The summed E-state index contributed by atoms with van der Waals surface area (Å²) >= 11 is 3.19. The van der Waals surface area contributed by atoms with Crippen LogP contribution in [0.4, 0.5) is 10.1 Å². The molecule has 1 aliphatic rings. The summed E-state index contributed by atoms with van der Waals surface area (Å²) in [6, 6.07) is 15.4. The van der Waals surface area contributed by atoms with Crippen molar-refractivity contribution in [3.63, 3.8) is 0 Å². The van der Waals surface area contributed by atoms with Crippen molar-refractivity contribution in [2.45, 2.75) is 18.1 Å². The van der Waals surface area contributed by atoms with Gasteiger partial charge in [0, 0.05) is 29.6 Å². The number of pyridine rings is 1. The number of carbonyl (C=O) groups is 2. The lowest BCUT2D eigenvalue weighted by molar-refractivity contribution is -0.115. The van der Waals surface area contributed by atoms with Gasteiger partial charge in [-0.2, -0.15) is 11.8 Å². The number of hydrogen-bond donors (Lipinski definition) is 0. The molecule has 1 aromatic heterocycles. The Kier molecular flexibility index (Phi) is 7.67. The van der Waals surface area contributed by atoms with Gasteiger partial charge in [0.25, 0.3) is 0 Å². The van der Waals surface area contributed by atoms with E-state index >= 15 is 0 Å². The molecule has 0 aliphatic carbocycles. The van der Waals surface area contributed by atoms with Crippen LogP contribution in [0.25, 0.3) is 0 Å². The van der Waals surface area contributed by atoms with Gasteiger partial charge in [0.15, 0.2) is 0 Å². The summed E-state index contributed by atoms with van der Waals surface area (Å²) in [5.74, 6) is 1.18. The number of amides is 1. The van der Waals surface area contributed by atoms with E-state index in [1.165, 1.54) is 29.5 Å². The van der Waals surface area contributed by atoms with Gasteiger partial charge in [0.05, 0.1) is 11.3 Å². The molecular formula is C25H23FN2O3S2. The summed E-state index contributed by atoms with van der Waals surface area (Å²) < 4.78 is 18.7. The molecule has 8 heteroatoms. The third-order valence-electron chi connectivity index (χ3n) is 5.19. The Morgan fingerprint density at radius 1 is 1.18 bits per heavy atom. The van der Waals surface area contributed by atoms with Crippen molar-refractivity contribution in [2.24, 2.45) is 0 Å². The van der Waals surface area contributed by atoms with E-state index in [-0.39, 0.29) is 23.1 Å². The van der Waals surface area contributed by atoms with Crippen LogP contribution in [-0.2, 0) is 15.3 Å². The first-order valence-electron chi connectivity index (χ1n) is 10.5. The molecule has 0 N–H and O–H groups in total. The second kappa shape index (κ2) is 10.9. The number of rotatable bonds is 8. The third kappa shape index (κ3) is 5.75. The summed E-state index contributed by atoms with van der Waals surface area (Å²) in [6.45, 7) is 2.19. The highest BCUT2D eigenvalue weighted by Gasteiger charge is 2.35. The number of esters is 1. The number of benzene rings is 2. The van der Waals surface area contributed by atoms with Crippen LogP contribution in [0.15, 0.2) is 67.0 Å². The predicted molar refractivity (Wildman–Crippen MR) is 131 cm³/mol. The van der Waals surface area contributed by atoms with E-state index in [0.717, 1.165) is 22.6 Å². The maximum atomic E-state index is 13.3. The predicted octanol–water partition coefficient (Wildman–Crippen LogP) is 5.40. The zero-order chi connectivity index (χ0) is 23.2. The number of aromatic nitrogens is 1. The highest BCUT2D eigenvalue weighted by atomic mass is 32.2. The average molecular weight is 483 g/mol. The van der Waals surface area contributed by atoms with Crippen molar-refractivity contribution in [1.82, 2.24) is 4.98 Å². The summed E-state index contributed by atoms with van der Waals surface area (Å²) in [7, 11) is 0. The van der Waals surface area contributed by atoms with Crippen LogP contribution < -0.4 is 4.90 Å². The van der Waals surface area contributed by atoms with Gasteiger partial charge in [-0.05, 0) is 66.1 Å². The molecule has 1 amide bonds. The Morgan fingerprint density at radius 2 is 1.94 bits per heavy atom. The molecule has 170 valence electrons. The van der Waals surface area contributed by atoms with E-state index in [2.05, 4.69) is 4.98 Å². The van der Waals surface area contributed by atoms with E-state index in [0.29, 0.717) is 23.7 Å². The number of anilines is 1. The quantitative estimate of drug-likeness (QED) is 0.317. The number of nitrogens with zero attached hydrogens (tertiary/aromatic N) is 2. The fraction of sp³-hybridized carbons (Fsp3) is 0.240. The van der Waals surface area contributed by atoms with E-state index in [4.69, 9.17) is 4.74 Å². The molecule has 0 spiro atoms. The smallest absolute Gasteiger partial charge is 0.338 e. The fourth-order valence-corrected chi connectivity index (χ4v) is 5.50. The Balaban J connectivity index is 1.37. The molecule has 2 aromatic carbocycles. The first kappa shape index (κ1) is 23.3. The van der Waals surface area contributed by atoms with Gasteiger partial charge in [0.1, 0.15) is 17.8 Å². The van der Waals surface area contributed by atoms with Gasteiger partial charge in [-0.3, -0.25) is 14.7 Å². The highest BCUT2D eigenvalue weighted by Crippen LogP contribution is 2.42. The van der Waals surface area contributed by atoms with Crippen LogP contribution in [0.3, 0.4) is 0 Å². The van der Waals surface area contributed by atoms with Crippen LogP contribution in [0.2, 0.25) is 0 Å². The lowest BCUT2D eigenvalue weighted by Gasteiger charge is -2.26. The summed E-state index contributed by atoms with van der Waals surface area (Å²) in [4.78, 5) is 30.8. The molecule has 33 heavy (non-hydrogen) atoms. The lowest BCUT2D eigenvalue weighted by atomic mass is 10.1. The second-order valence-corrected chi connectivity index (χ2v) is 9.70. The van der Waals surface area contributed by atoms with E-state index in [1.54, 1.807) is 59.4 Å². The molecule has 1 aliphatic heterocycles. The Bertz CT molecular complexity index is 1130. The summed E-state index contributed by atoms with van der Waals surface area (Å²) in [6.07, 6.45) is 3.52. The SMILES string of the molecule is Cc1cc(C(=O)OCCSCc2ccncc2)ccc1N1C(=O)CSC1c1ccc(F)cc1. The molecule has 4 rings (SSSR count). The highest BCUT2D eigenvalue weighted by molar-refractivity contribution is 8.00. The molecule has 1 unspecified atom stereocenters. The van der Waals surface area contributed by atoms with Crippen LogP contribution in [0, 0.1) is 12.7 Å². The van der Waals surface area contributed by atoms with Crippen LogP contribution >= 0.6 is 23.5 Å². The third-order valence-corrected chi connectivity index (χ3v) is 7.40. The zero-order valence-corrected chi connectivity index (χ0v) is 19.7. The standard InChI is InChI=1S/C25H23FN2O3S2/c1-17-14-20(25(30)31-12-13-32-15-18-8-10-27-11-9-18)4-7-22(17)28-23(29)16-33-24(28)19-2-5-21(26)6-3-19/h2-11,14,24H,12-13,15-16H2,1H3. The van der Waals surface area contributed by atoms with Gasteiger partial charge in [-0.25, -0.2) is 9.18 Å². The van der Waals surface area contributed by atoms with E-state index in [9.17, 15) is 14.0 Å². The van der Waals surface area contributed by atoms with Crippen molar-refractivity contribution >= 4 is 41.1 Å². The van der Waals surface area contributed by atoms with E-state index < -0.39 is 0 Å². The molecule has 0 saturated carbocycles. The molecule has 5 nitrogen and oxygen atoms in total. The molecule has 1 atom stereocenters. The van der Waals surface area contributed by atoms with Crippen LogP contribution in [-0.4, -0.2) is 35.0 Å². The number of halogens is 1. The minimum atomic E-state index is -0.383. The van der Waals surface area contributed by atoms with Crippen molar-refractivity contribution in [3.05, 3.63) is 95.1 Å². The molecule has 0 radical (unpaired) electrons. The maximum absolute atomic E-state index is 13.3. The lowest BCUT2D eigenvalue weighted by Crippen LogP contribution is -2.28. The second-order valence-electron chi connectivity index (χ2n) is 7.52. The minimum absolute atomic E-state index is 0.0148.